The van der Waals surface area contributed by atoms with E-state index in [1.807, 2.05) is 6.20 Å². The molecule has 0 aliphatic heterocycles. The first-order chi connectivity index (χ1) is 7.86. The second kappa shape index (κ2) is 8.22. The van der Waals surface area contributed by atoms with Gasteiger partial charge in [0.1, 0.15) is 0 Å². The van der Waals surface area contributed by atoms with Gasteiger partial charge in [-0.25, -0.2) is 0 Å². The molecule has 0 spiro atoms. The summed E-state index contributed by atoms with van der Waals surface area (Å²) in [6, 6.07) is 0. The summed E-state index contributed by atoms with van der Waals surface area (Å²) in [5.41, 5.74) is 1.02. The molecule has 0 saturated carbocycles. The molecule has 1 rings (SSSR count). The number of nitrogens with zero attached hydrogens (tertiary/aromatic N) is 2. The summed E-state index contributed by atoms with van der Waals surface area (Å²) in [5.74, 6) is 0.802. The van der Waals surface area contributed by atoms with Gasteiger partial charge in [0.25, 0.3) is 0 Å². The van der Waals surface area contributed by atoms with E-state index in [0.29, 0.717) is 0 Å². The van der Waals surface area contributed by atoms with Gasteiger partial charge in [-0.3, -0.25) is 9.97 Å². The number of unbranched alkanes of at least 4 members (excludes halogenated alkanes) is 1. The average Bonchev–Trinajstić information content (AvgIpc) is 2.35. The Balaban J connectivity index is 2.18. The number of aromatic nitrogens is 2. The van der Waals surface area contributed by atoms with Crippen LogP contribution in [0.4, 0.5) is 0 Å². The van der Waals surface area contributed by atoms with Crippen LogP contribution < -0.4 is 5.32 Å². The van der Waals surface area contributed by atoms with E-state index in [0.717, 1.165) is 24.7 Å². The second-order valence-corrected chi connectivity index (χ2v) is 4.24. The minimum atomic E-state index is 0.802. The van der Waals surface area contributed by atoms with E-state index in [1.165, 1.54) is 25.7 Å². The van der Waals surface area contributed by atoms with E-state index in [9.17, 15) is 0 Å². The molecule has 0 aliphatic rings. The van der Waals surface area contributed by atoms with Gasteiger partial charge in [0, 0.05) is 25.1 Å². The molecule has 0 bridgehead atoms. The van der Waals surface area contributed by atoms with Crippen LogP contribution in [0, 0.1) is 5.92 Å². The minimum Gasteiger partial charge on any atom is -0.311 e. The molecule has 0 amide bonds. The molecule has 1 N–H and O–H groups in total. The Hall–Kier alpha value is -0.960. The molecule has 0 aliphatic carbocycles. The van der Waals surface area contributed by atoms with Gasteiger partial charge in [-0.15, -0.1) is 0 Å². The van der Waals surface area contributed by atoms with Gasteiger partial charge in [-0.2, -0.15) is 0 Å². The monoisotopic (exact) mass is 221 g/mol. The minimum absolute atomic E-state index is 0.802. The molecule has 3 heteroatoms. The van der Waals surface area contributed by atoms with Crippen molar-refractivity contribution in [1.29, 1.82) is 0 Å². The molecule has 1 aromatic heterocycles. The van der Waals surface area contributed by atoms with Crippen molar-refractivity contribution in [3.63, 3.8) is 0 Å². The summed E-state index contributed by atoms with van der Waals surface area (Å²) in [6.45, 7) is 6.44. The molecule has 0 saturated heterocycles. The van der Waals surface area contributed by atoms with Crippen molar-refractivity contribution < 1.29 is 0 Å². The van der Waals surface area contributed by atoms with E-state index in [4.69, 9.17) is 0 Å². The summed E-state index contributed by atoms with van der Waals surface area (Å²) < 4.78 is 0. The molecule has 16 heavy (non-hydrogen) atoms. The van der Waals surface area contributed by atoms with Gasteiger partial charge in [0.2, 0.25) is 0 Å². The van der Waals surface area contributed by atoms with Crippen LogP contribution in [0.25, 0.3) is 0 Å². The van der Waals surface area contributed by atoms with Gasteiger partial charge in [-0.05, 0) is 18.9 Å². The zero-order valence-electron chi connectivity index (χ0n) is 10.4. The quantitative estimate of drug-likeness (QED) is 0.733. The molecule has 1 heterocycles. The number of nitrogens with one attached hydrogen (secondary N) is 1. The van der Waals surface area contributed by atoms with Crippen LogP contribution in [0.2, 0.25) is 0 Å². The highest BCUT2D eigenvalue weighted by molar-refractivity contribution is 4.93. The maximum Gasteiger partial charge on any atom is 0.0724 e. The highest BCUT2D eigenvalue weighted by Gasteiger charge is 2.05. The number of hydrogen-bond acceptors (Lipinski definition) is 3. The van der Waals surface area contributed by atoms with E-state index in [2.05, 4.69) is 29.1 Å². The maximum absolute atomic E-state index is 4.24. The molecule has 3 nitrogen and oxygen atoms in total. The van der Waals surface area contributed by atoms with Crippen molar-refractivity contribution in [1.82, 2.24) is 15.3 Å². The standard InChI is InChI=1S/C13H23N3/c1-3-5-6-12(4-2)9-15-11-13-10-14-7-8-16-13/h7-8,10,12,15H,3-6,9,11H2,1-2H3. The second-order valence-electron chi connectivity index (χ2n) is 4.24. The van der Waals surface area contributed by atoms with Crippen LogP contribution in [0.3, 0.4) is 0 Å². The summed E-state index contributed by atoms with van der Waals surface area (Å²) in [5, 5.41) is 3.46. The van der Waals surface area contributed by atoms with Crippen LogP contribution in [-0.4, -0.2) is 16.5 Å². The van der Waals surface area contributed by atoms with Crippen LogP contribution in [0.5, 0.6) is 0 Å². The summed E-state index contributed by atoms with van der Waals surface area (Å²) in [7, 11) is 0. The molecule has 0 radical (unpaired) electrons. The van der Waals surface area contributed by atoms with Crippen LogP contribution in [0.15, 0.2) is 18.6 Å². The van der Waals surface area contributed by atoms with E-state index in [-0.39, 0.29) is 0 Å². The summed E-state index contributed by atoms with van der Waals surface area (Å²) in [6.07, 6.45) is 10.5. The Morgan fingerprint density at radius 2 is 2.19 bits per heavy atom. The van der Waals surface area contributed by atoms with E-state index in [1.54, 1.807) is 12.4 Å². The van der Waals surface area contributed by atoms with Gasteiger partial charge < -0.3 is 5.32 Å². The molecule has 1 atom stereocenters. The topological polar surface area (TPSA) is 37.8 Å². The van der Waals surface area contributed by atoms with Crippen LogP contribution in [0.1, 0.15) is 45.2 Å². The van der Waals surface area contributed by atoms with Crippen molar-refractivity contribution in [3.05, 3.63) is 24.3 Å². The van der Waals surface area contributed by atoms with Crippen molar-refractivity contribution in [2.45, 2.75) is 46.1 Å². The lowest BCUT2D eigenvalue weighted by Gasteiger charge is -2.14. The van der Waals surface area contributed by atoms with Crippen molar-refractivity contribution in [2.75, 3.05) is 6.54 Å². The molecule has 1 aromatic rings. The first-order valence-electron chi connectivity index (χ1n) is 6.32. The third-order valence-electron chi connectivity index (χ3n) is 2.90. The fourth-order valence-electron chi connectivity index (χ4n) is 1.77. The third kappa shape index (κ3) is 5.21. The zero-order valence-corrected chi connectivity index (χ0v) is 10.4. The lowest BCUT2D eigenvalue weighted by molar-refractivity contribution is 0.418. The Kier molecular flexibility index (Phi) is 6.74. The predicted molar refractivity (Wildman–Crippen MR) is 67.0 cm³/mol. The van der Waals surface area contributed by atoms with E-state index < -0.39 is 0 Å². The third-order valence-corrected chi connectivity index (χ3v) is 2.90. The predicted octanol–water partition coefficient (Wildman–Crippen LogP) is 2.78. The maximum atomic E-state index is 4.24. The zero-order chi connectivity index (χ0) is 11.6. The van der Waals surface area contributed by atoms with Gasteiger partial charge >= 0.3 is 0 Å². The fraction of sp³-hybridized carbons (Fsp3) is 0.692. The number of rotatable bonds is 8. The van der Waals surface area contributed by atoms with Crippen LogP contribution in [-0.2, 0) is 6.54 Å². The Labute approximate surface area is 98.7 Å². The van der Waals surface area contributed by atoms with Crippen molar-refractivity contribution in [2.24, 2.45) is 5.92 Å². The van der Waals surface area contributed by atoms with Gasteiger partial charge in [0.05, 0.1) is 5.69 Å². The molecule has 0 fully saturated rings. The average molecular weight is 221 g/mol. The Bertz CT molecular complexity index is 261. The largest absolute Gasteiger partial charge is 0.311 e. The highest BCUT2D eigenvalue weighted by Crippen LogP contribution is 2.11. The molecule has 0 aromatic carbocycles. The Morgan fingerprint density at radius 3 is 2.81 bits per heavy atom. The Morgan fingerprint density at radius 1 is 1.31 bits per heavy atom. The first kappa shape index (κ1) is 13.1. The molecular weight excluding hydrogens is 198 g/mol. The number of hydrogen-bond donors (Lipinski definition) is 1. The smallest absolute Gasteiger partial charge is 0.0724 e. The fourth-order valence-corrected chi connectivity index (χ4v) is 1.77. The lowest BCUT2D eigenvalue weighted by Crippen LogP contribution is -2.22. The van der Waals surface area contributed by atoms with E-state index >= 15 is 0 Å². The molecule has 90 valence electrons. The van der Waals surface area contributed by atoms with Crippen LogP contribution >= 0.6 is 0 Å². The first-order valence-corrected chi connectivity index (χ1v) is 6.32. The highest BCUT2D eigenvalue weighted by atomic mass is 14.9. The van der Waals surface area contributed by atoms with Crippen molar-refractivity contribution >= 4 is 0 Å². The molecular formula is C13H23N3. The van der Waals surface area contributed by atoms with Crippen molar-refractivity contribution in [3.8, 4) is 0 Å². The summed E-state index contributed by atoms with van der Waals surface area (Å²) >= 11 is 0. The summed E-state index contributed by atoms with van der Waals surface area (Å²) in [4.78, 5) is 8.29. The van der Waals surface area contributed by atoms with Gasteiger partial charge in [0.15, 0.2) is 0 Å². The normalized spacial score (nSPS) is 12.6. The van der Waals surface area contributed by atoms with Gasteiger partial charge in [-0.1, -0.05) is 33.1 Å². The lowest BCUT2D eigenvalue weighted by atomic mass is 9.99. The molecule has 1 unspecified atom stereocenters. The SMILES string of the molecule is CCCCC(CC)CNCc1cnccn1.